The molecule has 94 valence electrons. The Morgan fingerprint density at radius 2 is 2.06 bits per heavy atom. The minimum absolute atomic E-state index is 0.597. The zero-order valence-corrected chi connectivity index (χ0v) is 11.5. The summed E-state index contributed by atoms with van der Waals surface area (Å²) in [6.45, 7) is 2.09. The third-order valence-electron chi connectivity index (χ3n) is 3.72. The van der Waals surface area contributed by atoms with Crippen LogP contribution in [0.1, 0.15) is 31.2 Å². The zero-order valence-electron chi connectivity index (χ0n) is 10.7. The lowest BCUT2D eigenvalue weighted by Gasteiger charge is -2.32. The summed E-state index contributed by atoms with van der Waals surface area (Å²) in [6.07, 6.45) is 7.55. The molecule has 0 aliphatic heterocycles. The molecule has 3 N–H and O–H groups in total. The van der Waals surface area contributed by atoms with Crippen LogP contribution >= 0.6 is 11.8 Å². The summed E-state index contributed by atoms with van der Waals surface area (Å²) in [6, 6.07) is 6.73. The molecule has 3 heteroatoms. The number of hydrogen-bond donors (Lipinski definition) is 2. The molecule has 2 nitrogen and oxygen atoms in total. The van der Waals surface area contributed by atoms with Gasteiger partial charge in [-0.2, -0.15) is 11.8 Å². The molecule has 2 rings (SSSR count). The van der Waals surface area contributed by atoms with Crippen LogP contribution in [0.25, 0.3) is 0 Å². The average Bonchev–Trinajstić information content (AvgIpc) is 2.35. The van der Waals surface area contributed by atoms with Crippen molar-refractivity contribution in [1.29, 1.82) is 0 Å². The van der Waals surface area contributed by atoms with Crippen LogP contribution in [0.2, 0.25) is 0 Å². The van der Waals surface area contributed by atoms with E-state index >= 15 is 0 Å². The lowest BCUT2D eigenvalue weighted by Crippen LogP contribution is -2.34. The lowest BCUT2D eigenvalue weighted by molar-refractivity contribution is 0.475. The SMILES string of the molecule is CSC1CCCCC1Nc1cccc(N)c1C. The van der Waals surface area contributed by atoms with Crippen LogP contribution in [-0.4, -0.2) is 17.5 Å². The van der Waals surface area contributed by atoms with E-state index in [2.05, 4.69) is 24.6 Å². The van der Waals surface area contributed by atoms with Crippen LogP contribution in [-0.2, 0) is 0 Å². The first-order valence-corrected chi connectivity index (χ1v) is 7.65. The van der Waals surface area contributed by atoms with Gasteiger partial charge >= 0.3 is 0 Å². The Morgan fingerprint density at radius 3 is 2.82 bits per heavy atom. The third kappa shape index (κ3) is 2.89. The monoisotopic (exact) mass is 250 g/mol. The largest absolute Gasteiger partial charge is 0.398 e. The third-order valence-corrected chi connectivity index (χ3v) is 4.89. The van der Waals surface area contributed by atoms with Crippen LogP contribution in [0, 0.1) is 6.92 Å². The molecule has 1 aromatic carbocycles. The Hall–Kier alpha value is -0.830. The maximum absolute atomic E-state index is 5.95. The predicted octanol–water partition coefficient (Wildman–Crippen LogP) is 3.66. The summed E-state index contributed by atoms with van der Waals surface area (Å²) in [5.74, 6) is 0. The van der Waals surface area contributed by atoms with Crippen molar-refractivity contribution in [2.24, 2.45) is 0 Å². The number of nitrogen functional groups attached to an aromatic ring is 1. The highest BCUT2D eigenvalue weighted by atomic mass is 32.2. The van der Waals surface area contributed by atoms with Gasteiger partial charge in [-0.05, 0) is 43.7 Å². The molecule has 0 bridgehead atoms. The predicted molar refractivity (Wildman–Crippen MR) is 78.8 cm³/mol. The first kappa shape index (κ1) is 12.6. The molecule has 0 heterocycles. The van der Waals surface area contributed by atoms with E-state index in [0.29, 0.717) is 6.04 Å². The second-order valence-electron chi connectivity index (χ2n) is 4.83. The van der Waals surface area contributed by atoms with Crippen molar-refractivity contribution in [3.8, 4) is 0 Å². The summed E-state index contributed by atoms with van der Waals surface area (Å²) in [4.78, 5) is 0. The molecule has 1 aliphatic carbocycles. The minimum Gasteiger partial charge on any atom is -0.398 e. The van der Waals surface area contributed by atoms with Crippen LogP contribution in [0.3, 0.4) is 0 Å². The molecule has 0 amide bonds. The van der Waals surface area contributed by atoms with Crippen molar-refractivity contribution < 1.29 is 0 Å². The minimum atomic E-state index is 0.597. The van der Waals surface area contributed by atoms with Gasteiger partial charge in [0.1, 0.15) is 0 Å². The van der Waals surface area contributed by atoms with Crippen molar-refractivity contribution in [3.05, 3.63) is 23.8 Å². The van der Waals surface area contributed by atoms with Gasteiger partial charge in [0.15, 0.2) is 0 Å². The van der Waals surface area contributed by atoms with Gasteiger partial charge in [0.25, 0.3) is 0 Å². The zero-order chi connectivity index (χ0) is 12.3. The summed E-state index contributed by atoms with van der Waals surface area (Å²) in [5, 5.41) is 4.43. The molecule has 0 aromatic heterocycles. The van der Waals surface area contributed by atoms with Crippen molar-refractivity contribution in [3.63, 3.8) is 0 Å². The van der Waals surface area contributed by atoms with Crippen molar-refractivity contribution in [1.82, 2.24) is 0 Å². The van der Waals surface area contributed by atoms with Crippen LogP contribution in [0.5, 0.6) is 0 Å². The Kier molecular flexibility index (Phi) is 4.21. The van der Waals surface area contributed by atoms with E-state index in [9.17, 15) is 0 Å². The van der Waals surface area contributed by atoms with E-state index < -0.39 is 0 Å². The molecule has 2 atom stereocenters. The Balaban J connectivity index is 2.11. The van der Waals surface area contributed by atoms with Gasteiger partial charge < -0.3 is 11.1 Å². The first-order chi connectivity index (χ1) is 8.22. The van der Waals surface area contributed by atoms with Gasteiger partial charge in [-0.3, -0.25) is 0 Å². The smallest absolute Gasteiger partial charge is 0.0393 e. The molecule has 0 saturated heterocycles. The van der Waals surface area contributed by atoms with Crippen molar-refractivity contribution >= 4 is 23.1 Å². The summed E-state index contributed by atoms with van der Waals surface area (Å²) >= 11 is 1.99. The standard InChI is InChI=1S/C14H22N2S/c1-10-11(15)6-5-8-12(10)16-13-7-3-4-9-14(13)17-2/h5-6,8,13-14,16H,3-4,7,9,15H2,1-2H3. The number of thioether (sulfide) groups is 1. The first-order valence-electron chi connectivity index (χ1n) is 6.37. The highest BCUT2D eigenvalue weighted by molar-refractivity contribution is 7.99. The van der Waals surface area contributed by atoms with E-state index in [-0.39, 0.29) is 0 Å². The van der Waals surface area contributed by atoms with Crippen LogP contribution in [0.15, 0.2) is 18.2 Å². The van der Waals surface area contributed by atoms with Crippen LogP contribution < -0.4 is 11.1 Å². The molecule has 1 aromatic rings. The van der Waals surface area contributed by atoms with Gasteiger partial charge in [-0.15, -0.1) is 0 Å². The molecule has 1 aliphatic rings. The summed E-state index contributed by atoms with van der Waals surface area (Å²) < 4.78 is 0. The van der Waals surface area contributed by atoms with Gasteiger partial charge in [0.2, 0.25) is 0 Å². The van der Waals surface area contributed by atoms with Gasteiger partial charge in [-0.25, -0.2) is 0 Å². The second-order valence-corrected chi connectivity index (χ2v) is 5.91. The highest BCUT2D eigenvalue weighted by Gasteiger charge is 2.24. The van der Waals surface area contributed by atoms with E-state index in [0.717, 1.165) is 10.9 Å². The van der Waals surface area contributed by atoms with Crippen molar-refractivity contribution in [2.45, 2.75) is 43.9 Å². The lowest BCUT2D eigenvalue weighted by atomic mass is 9.94. The van der Waals surface area contributed by atoms with E-state index in [1.54, 1.807) is 0 Å². The topological polar surface area (TPSA) is 38.0 Å². The normalized spacial score (nSPS) is 24.6. The molecule has 2 unspecified atom stereocenters. The quantitative estimate of drug-likeness (QED) is 0.804. The Labute approximate surface area is 108 Å². The molecule has 17 heavy (non-hydrogen) atoms. The summed E-state index contributed by atoms with van der Waals surface area (Å²) in [7, 11) is 0. The van der Waals surface area contributed by atoms with Crippen LogP contribution in [0.4, 0.5) is 11.4 Å². The molecule has 0 radical (unpaired) electrons. The fraction of sp³-hybridized carbons (Fsp3) is 0.571. The van der Waals surface area contributed by atoms with Crippen molar-refractivity contribution in [2.75, 3.05) is 17.3 Å². The number of rotatable bonds is 3. The Bertz CT molecular complexity index is 378. The fourth-order valence-corrected chi connectivity index (χ4v) is 3.49. The number of benzene rings is 1. The highest BCUT2D eigenvalue weighted by Crippen LogP contribution is 2.31. The van der Waals surface area contributed by atoms with E-state index in [4.69, 9.17) is 5.73 Å². The molecular weight excluding hydrogens is 228 g/mol. The van der Waals surface area contributed by atoms with E-state index in [1.165, 1.54) is 36.9 Å². The van der Waals surface area contributed by atoms with Gasteiger partial charge in [0, 0.05) is 22.7 Å². The second kappa shape index (κ2) is 5.67. The molecule has 0 spiro atoms. The number of anilines is 2. The fourth-order valence-electron chi connectivity index (χ4n) is 2.55. The van der Waals surface area contributed by atoms with Gasteiger partial charge in [0.05, 0.1) is 0 Å². The molecule has 1 fully saturated rings. The number of nitrogens with two attached hydrogens (primary N) is 1. The Morgan fingerprint density at radius 1 is 1.29 bits per heavy atom. The molecule has 1 saturated carbocycles. The number of hydrogen-bond acceptors (Lipinski definition) is 3. The molecular formula is C14H22N2S. The maximum Gasteiger partial charge on any atom is 0.0393 e. The maximum atomic E-state index is 5.95. The van der Waals surface area contributed by atoms with Gasteiger partial charge in [-0.1, -0.05) is 18.9 Å². The average molecular weight is 250 g/mol. The number of nitrogens with one attached hydrogen (secondary N) is 1. The van der Waals surface area contributed by atoms with E-state index in [1.807, 2.05) is 23.9 Å². The summed E-state index contributed by atoms with van der Waals surface area (Å²) in [5.41, 5.74) is 9.21.